The average Bonchev–Trinajstić information content (AvgIpc) is 2.15. The molecule has 1 aromatic carbocycles. The molecule has 1 rings (SSSR count). The van der Waals surface area contributed by atoms with E-state index in [0.717, 1.165) is 13.0 Å². The maximum Gasteiger partial charge on any atom is 0.387 e. The number of hydrogen-bond donors (Lipinski definition) is 0. The van der Waals surface area contributed by atoms with E-state index in [4.69, 9.17) is 0 Å². The molecule has 0 N–H and O–H groups in total. The van der Waals surface area contributed by atoms with Gasteiger partial charge in [0.25, 0.3) is 0 Å². The predicted octanol–water partition coefficient (Wildman–Crippen LogP) is 3.00. The number of carbonyl (C=O) groups is 1. The first-order valence-corrected chi connectivity index (χ1v) is 5.35. The SMILES string of the molecule is CC(=O)c1c(I)ccc([N+](=O)[O-])c1OC(F)F. The van der Waals surface area contributed by atoms with Gasteiger partial charge in [-0.05, 0) is 35.6 Å². The van der Waals surface area contributed by atoms with Gasteiger partial charge in [0.15, 0.2) is 5.78 Å². The molecule has 0 unspecified atom stereocenters. The minimum Gasteiger partial charge on any atom is -0.427 e. The molecule has 0 aliphatic rings. The minimum absolute atomic E-state index is 0.208. The molecule has 0 saturated carbocycles. The van der Waals surface area contributed by atoms with Gasteiger partial charge in [0, 0.05) is 9.64 Å². The van der Waals surface area contributed by atoms with Crippen LogP contribution >= 0.6 is 22.6 Å². The summed E-state index contributed by atoms with van der Waals surface area (Å²) in [7, 11) is 0. The van der Waals surface area contributed by atoms with Crippen LogP contribution in [0.1, 0.15) is 17.3 Å². The van der Waals surface area contributed by atoms with Gasteiger partial charge >= 0.3 is 12.3 Å². The number of alkyl halides is 2. The largest absolute Gasteiger partial charge is 0.427 e. The van der Waals surface area contributed by atoms with Gasteiger partial charge in [-0.3, -0.25) is 14.9 Å². The van der Waals surface area contributed by atoms with Crippen LogP contribution in [0.25, 0.3) is 0 Å². The molecule has 0 saturated heterocycles. The number of halogens is 3. The number of carbonyl (C=O) groups excluding carboxylic acids is 1. The molecular formula is C9H6F2INO4. The van der Waals surface area contributed by atoms with Crippen molar-refractivity contribution in [2.75, 3.05) is 0 Å². The Labute approximate surface area is 108 Å². The van der Waals surface area contributed by atoms with Crippen molar-refractivity contribution in [1.29, 1.82) is 0 Å². The first kappa shape index (κ1) is 13.7. The molecule has 1 aromatic rings. The first-order valence-electron chi connectivity index (χ1n) is 4.27. The second kappa shape index (κ2) is 5.34. The minimum atomic E-state index is -3.23. The molecule has 92 valence electrons. The summed E-state index contributed by atoms with van der Waals surface area (Å²) < 4.78 is 28.8. The molecule has 0 bridgehead atoms. The molecule has 0 fully saturated rings. The zero-order valence-corrected chi connectivity index (χ0v) is 10.6. The molecule has 0 heterocycles. The van der Waals surface area contributed by atoms with E-state index in [0.29, 0.717) is 3.57 Å². The molecule has 0 aliphatic heterocycles. The third kappa shape index (κ3) is 3.08. The average molecular weight is 357 g/mol. The zero-order valence-electron chi connectivity index (χ0n) is 8.45. The highest BCUT2D eigenvalue weighted by Crippen LogP contribution is 2.35. The number of benzene rings is 1. The number of ketones is 1. The molecule has 5 nitrogen and oxygen atoms in total. The summed E-state index contributed by atoms with van der Waals surface area (Å²) in [6.07, 6.45) is 0. The number of hydrogen-bond acceptors (Lipinski definition) is 4. The fraction of sp³-hybridized carbons (Fsp3) is 0.222. The third-order valence-electron chi connectivity index (χ3n) is 1.84. The van der Waals surface area contributed by atoms with Crippen LogP contribution in [0.15, 0.2) is 12.1 Å². The Balaban J connectivity index is 3.49. The molecule has 0 aromatic heterocycles. The smallest absolute Gasteiger partial charge is 0.387 e. The highest BCUT2D eigenvalue weighted by molar-refractivity contribution is 14.1. The Morgan fingerprint density at radius 3 is 2.53 bits per heavy atom. The van der Waals surface area contributed by atoms with E-state index in [1.807, 2.05) is 0 Å². The zero-order chi connectivity index (χ0) is 13.2. The number of rotatable bonds is 4. The van der Waals surface area contributed by atoms with Crippen molar-refractivity contribution < 1.29 is 23.2 Å². The van der Waals surface area contributed by atoms with E-state index in [1.165, 1.54) is 6.07 Å². The first-order chi connectivity index (χ1) is 7.84. The lowest BCUT2D eigenvalue weighted by Gasteiger charge is -2.10. The van der Waals surface area contributed by atoms with Gasteiger partial charge in [0.05, 0.1) is 10.5 Å². The van der Waals surface area contributed by atoms with Crippen molar-refractivity contribution >= 4 is 34.1 Å². The highest BCUT2D eigenvalue weighted by atomic mass is 127. The number of Topliss-reactive ketones (excluding diaryl/α,β-unsaturated/α-hetero) is 1. The summed E-state index contributed by atoms with van der Waals surface area (Å²) in [4.78, 5) is 21.1. The lowest BCUT2D eigenvalue weighted by atomic mass is 10.1. The normalized spacial score (nSPS) is 10.4. The van der Waals surface area contributed by atoms with E-state index < -0.39 is 28.8 Å². The van der Waals surface area contributed by atoms with Gasteiger partial charge < -0.3 is 4.74 Å². The monoisotopic (exact) mass is 357 g/mol. The van der Waals surface area contributed by atoms with Crippen LogP contribution in [-0.4, -0.2) is 17.3 Å². The van der Waals surface area contributed by atoms with E-state index in [-0.39, 0.29) is 5.56 Å². The fourth-order valence-electron chi connectivity index (χ4n) is 1.23. The van der Waals surface area contributed by atoms with Crippen LogP contribution in [0.2, 0.25) is 0 Å². The summed E-state index contributed by atoms with van der Waals surface area (Å²) in [5.41, 5.74) is -0.865. The van der Waals surface area contributed by atoms with Crippen molar-refractivity contribution in [2.24, 2.45) is 0 Å². The van der Waals surface area contributed by atoms with Gasteiger partial charge in [-0.1, -0.05) is 0 Å². The van der Waals surface area contributed by atoms with Gasteiger partial charge in [0.2, 0.25) is 5.75 Å². The van der Waals surface area contributed by atoms with Crippen LogP contribution in [0.4, 0.5) is 14.5 Å². The summed E-state index contributed by atoms with van der Waals surface area (Å²) in [6.45, 7) is -2.11. The van der Waals surface area contributed by atoms with E-state index >= 15 is 0 Å². The summed E-state index contributed by atoms with van der Waals surface area (Å²) in [5.74, 6) is -1.27. The van der Waals surface area contributed by atoms with Crippen LogP contribution in [0, 0.1) is 13.7 Å². The van der Waals surface area contributed by atoms with Crippen molar-refractivity contribution in [2.45, 2.75) is 13.5 Å². The Hall–Kier alpha value is -1.32. The number of ether oxygens (including phenoxy) is 1. The second-order valence-electron chi connectivity index (χ2n) is 2.96. The molecule has 8 heteroatoms. The van der Waals surface area contributed by atoms with Gasteiger partial charge in [-0.25, -0.2) is 0 Å². The fourth-order valence-corrected chi connectivity index (χ4v) is 2.03. The Bertz CT molecular complexity index is 478. The van der Waals surface area contributed by atoms with Gasteiger partial charge in [-0.2, -0.15) is 8.78 Å². The number of nitro benzene ring substituents is 1. The van der Waals surface area contributed by atoms with E-state index in [9.17, 15) is 23.7 Å². The molecule has 0 atom stereocenters. The van der Waals surface area contributed by atoms with Crippen LogP contribution < -0.4 is 4.74 Å². The topological polar surface area (TPSA) is 69.4 Å². The van der Waals surface area contributed by atoms with Crippen molar-refractivity contribution in [1.82, 2.24) is 0 Å². The Morgan fingerprint density at radius 2 is 2.12 bits per heavy atom. The maximum atomic E-state index is 12.2. The van der Waals surface area contributed by atoms with Crippen LogP contribution in [0.3, 0.4) is 0 Å². The van der Waals surface area contributed by atoms with E-state index in [1.54, 1.807) is 22.6 Å². The molecule has 0 spiro atoms. The van der Waals surface area contributed by atoms with Crippen molar-refractivity contribution in [3.63, 3.8) is 0 Å². The lowest BCUT2D eigenvalue weighted by molar-refractivity contribution is -0.386. The lowest BCUT2D eigenvalue weighted by Crippen LogP contribution is -2.10. The van der Waals surface area contributed by atoms with E-state index in [2.05, 4.69) is 4.74 Å². The van der Waals surface area contributed by atoms with Crippen LogP contribution in [0.5, 0.6) is 5.75 Å². The molecule has 0 amide bonds. The standard InChI is InChI=1S/C9H6F2INO4/c1-4(14)7-5(12)2-3-6(13(15)16)8(7)17-9(10)11/h2-3,9H,1H3. The number of nitro groups is 1. The quantitative estimate of drug-likeness (QED) is 0.360. The summed E-state index contributed by atoms with van der Waals surface area (Å²) in [5, 5.41) is 10.7. The van der Waals surface area contributed by atoms with Crippen LogP contribution in [-0.2, 0) is 0 Å². The molecule has 0 radical (unpaired) electrons. The van der Waals surface area contributed by atoms with Gasteiger partial charge in [0.1, 0.15) is 0 Å². The summed E-state index contributed by atoms with van der Waals surface area (Å²) >= 11 is 1.72. The predicted molar refractivity (Wildman–Crippen MR) is 62.4 cm³/mol. The summed E-state index contributed by atoms with van der Waals surface area (Å²) in [6, 6.07) is 2.32. The van der Waals surface area contributed by atoms with Gasteiger partial charge in [-0.15, -0.1) is 0 Å². The Kier molecular flexibility index (Phi) is 4.32. The molecule has 17 heavy (non-hydrogen) atoms. The van der Waals surface area contributed by atoms with Crippen molar-refractivity contribution in [3.05, 3.63) is 31.4 Å². The maximum absolute atomic E-state index is 12.2. The number of nitrogens with zero attached hydrogens (tertiary/aromatic N) is 1. The second-order valence-corrected chi connectivity index (χ2v) is 4.12. The van der Waals surface area contributed by atoms with Crippen molar-refractivity contribution in [3.8, 4) is 5.75 Å². The molecular weight excluding hydrogens is 351 g/mol. The molecule has 0 aliphatic carbocycles. The Morgan fingerprint density at radius 1 is 1.53 bits per heavy atom. The third-order valence-corrected chi connectivity index (χ3v) is 2.74. The highest BCUT2D eigenvalue weighted by Gasteiger charge is 2.26.